The van der Waals surface area contributed by atoms with E-state index in [9.17, 15) is 8.42 Å². The summed E-state index contributed by atoms with van der Waals surface area (Å²) in [4.78, 5) is 0.174. The van der Waals surface area contributed by atoms with Gasteiger partial charge in [-0.3, -0.25) is 0 Å². The van der Waals surface area contributed by atoms with Crippen LogP contribution in [-0.2, 0) is 14.8 Å². The number of hydrogen-bond donors (Lipinski definition) is 0. The molecule has 1 aliphatic heterocycles. The third-order valence-electron chi connectivity index (χ3n) is 3.49. The lowest BCUT2D eigenvalue weighted by molar-refractivity contribution is 0.121. The Bertz CT molecular complexity index is 571. The Morgan fingerprint density at radius 3 is 2.60 bits per heavy atom. The molecule has 2 rings (SSSR count). The third kappa shape index (κ3) is 3.54. The van der Waals surface area contributed by atoms with Gasteiger partial charge in [0, 0.05) is 31.3 Å². The largest absolute Gasteiger partial charge is 0.384 e. The highest BCUT2D eigenvalue weighted by atomic mass is 79.9. The lowest BCUT2D eigenvalue weighted by Gasteiger charge is -2.31. The van der Waals surface area contributed by atoms with E-state index in [1.54, 1.807) is 25.3 Å². The summed E-state index contributed by atoms with van der Waals surface area (Å²) in [5, 5.41) is 0.249. The van der Waals surface area contributed by atoms with Gasteiger partial charge in [0.2, 0.25) is 10.0 Å². The molecule has 1 saturated heterocycles. The minimum Gasteiger partial charge on any atom is -0.384 e. The summed E-state index contributed by atoms with van der Waals surface area (Å²) >= 11 is 9.33. The summed E-state index contributed by atoms with van der Waals surface area (Å²) in [6.45, 7) is 1.72. The van der Waals surface area contributed by atoms with E-state index < -0.39 is 10.0 Å². The lowest BCUT2D eigenvalue weighted by atomic mass is 9.99. The van der Waals surface area contributed by atoms with Crippen LogP contribution in [0.5, 0.6) is 0 Å². The van der Waals surface area contributed by atoms with Crippen LogP contribution in [0.3, 0.4) is 0 Å². The molecule has 7 heteroatoms. The van der Waals surface area contributed by atoms with Crippen LogP contribution in [0.15, 0.2) is 27.6 Å². The Hall–Kier alpha value is -0.140. The SMILES string of the molecule is COCC1CCN(S(=O)(=O)c2ccc(Br)cc2Cl)CC1. The quantitative estimate of drug-likeness (QED) is 0.803. The molecule has 1 heterocycles. The van der Waals surface area contributed by atoms with Gasteiger partial charge in [-0.2, -0.15) is 4.31 Å². The Morgan fingerprint density at radius 1 is 1.40 bits per heavy atom. The van der Waals surface area contributed by atoms with Crippen molar-refractivity contribution in [3.05, 3.63) is 27.7 Å². The van der Waals surface area contributed by atoms with Crippen molar-refractivity contribution in [3.63, 3.8) is 0 Å². The second-order valence-electron chi connectivity index (χ2n) is 4.88. The van der Waals surface area contributed by atoms with Gasteiger partial charge < -0.3 is 4.74 Å². The van der Waals surface area contributed by atoms with Crippen LogP contribution < -0.4 is 0 Å². The molecule has 1 fully saturated rings. The molecule has 0 saturated carbocycles. The molecule has 0 unspecified atom stereocenters. The van der Waals surface area contributed by atoms with Crippen LogP contribution in [0.25, 0.3) is 0 Å². The summed E-state index contributed by atoms with van der Waals surface area (Å²) in [5.41, 5.74) is 0. The van der Waals surface area contributed by atoms with E-state index in [0.29, 0.717) is 25.6 Å². The van der Waals surface area contributed by atoms with Crippen LogP contribution in [-0.4, -0.2) is 39.5 Å². The molecule has 0 aromatic heterocycles. The van der Waals surface area contributed by atoms with Crippen LogP contribution in [0.4, 0.5) is 0 Å². The van der Waals surface area contributed by atoms with Gasteiger partial charge >= 0.3 is 0 Å². The fourth-order valence-corrected chi connectivity index (χ4v) is 4.86. The zero-order chi connectivity index (χ0) is 14.8. The Kier molecular flexibility index (Phi) is 5.48. The first-order valence-electron chi connectivity index (χ1n) is 6.39. The molecule has 0 amide bonds. The first-order valence-corrected chi connectivity index (χ1v) is 9.00. The lowest BCUT2D eigenvalue weighted by Crippen LogP contribution is -2.39. The van der Waals surface area contributed by atoms with Gasteiger partial charge in [-0.15, -0.1) is 0 Å². The maximum absolute atomic E-state index is 12.6. The molecule has 112 valence electrons. The smallest absolute Gasteiger partial charge is 0.244 e. The Balaban J connectivity index is 2.15. The molecule has 0 aliphatic carbocycles. The fourth-order valence-electron chi connectivity index (χ4n) is 2.38. The molecule has 1 aromatic carbocycles. The first kappa shape index (κ1) is 16.2. The van der Waals surface area contributed by atoms with Crippen LogP contribution >= 0.6 is 27.5 Å². The van der Waals surface area contributed by atoms with Crippen molar-refractivity contribution in [2.45, 2.75) is 17.7 Å². The van der Waals surface area contributed by atoms with E-state index in [4.69, 9.17) is 16.3 Å². The molecule has 1 aliphatic rings. The Labute approximate surface area is 133 Å². The summed E-state index contributed by atoms with van der Waals surface area (Å²) in [7, 11) is -1.84. The Morgan fingerprint density at radius 2 is 2.05 bits per heavy atom. The molecule has 20 heavy (non-hydrogen) atoms. The average molecular weight is 383 g/mol. The van der Waals surface area contributed by atoms with Crippen molar-refractivity contribution in [3.8, 4) is 0 Å². The van der Waals surface area contributed by atoms with Gasteiger partial charge in [0.25, 0.3) is 0 Å². The van der Waals surface area contributed by atoms with E-state index in [0.717, 1.165) is 17.3 Å². The zero-order valence-electron chi connectivity index (χ0n) is 11.2. The number of hydrogen-bond acceptors (Lipinski definition) is 3. The first-order chi connectivity index (χ1) is 9.45. The van der Waals surface area contributed by atoms with Crippen molar-refractivity contribution < 1.29 is 13.2 Å². The second-order valence-corrected chi connectivity index (χ2v) is 8.11. The number of sulfonamides is 1. The van der Waals surface area contributed by atoms with Crippen molar-refractivity contribution in [2.24, 2.45) is 5.92 Å². The molecule has 1 aromatic rings. The molecule has 0 atom stereocenters. The van der Waals surface area contributed by atoms with E-state index in [-0.39, 0.29) is 9.92 Å². The number of halogens is 2. The minimum absolute atomic E-state index is 0.174. The highest BCUT2D eigenvalue weighted by Crippen LogP contribution is 2.30. The summed E-state index contributed by atoms with van der Waals surface area (Å²) in [6.07, 6.45) is 1.64. The fraction of sp³-hybridized carbons (Fsp3) is 0.538. The number of ether oxygens (including phenoxy) is 1. The summed E-state index contributed by atoms with van der Waals surface area (Å²) in [5.74, 6) is 0.437. The molecule has 0 N–H and O–H groups in total. The van der Waals surface area contributed by atoms with E-state index in [2.05, 4.69) is 15.9 Å². The standard InChI is InChI=1S/C13H17BrClNO3S/c1-19-9-10-4-6-16(7-5-10)20(17,18)13-3-2-11(14)8-12(13)15/h2-3,8,10H,4-7,9H2,1H3. The monoisotopic (exact) mass is 381 g/mol. The number of rotatable bonds is 4. The van der Waals surface area contributed by atoms with E-state index >= 15 is 0 Å². The number of methoxy groups -OCH3 is 1. The minimum atomic E-state index is -3.51. The molecule has 4 nitrogen and oxygen atoms in total. The number of benzene rings is 1. The maximum Gasteiger partial charge on any atom is 0.244 e. The van der Waals surface area contributed by atoms with Gasteiger partial charge in [0.05, 0.1) is 5.02 Å². The zero-order valence-corrected chi connectivity index (χ0v) is 14.3. The highest BCUT2D eigenvalue weighted by Gasteiger charge is 2.30. The average Bonchev–Trinajstić information content (AvgIpc) is 2.39. The predicted molar refractivity (Wildman–Crippen MR) is 82.5 cm³/mol. The van der Waals surface area contributed by atoms with Crippen molar-refractivity contribution in [1.29, 1.82) is 0 Å². The van der Waals surface area contributed by atoms with Gasteiger partial charge in [-0.25, -0.2) is 8.42 Å². The molecular weight excluding hydrogens is 366 g/mol. The molecule has 0 radical (unpaired) electrons. The van der Waals surface area contributed by atoms with Gasteiger partial charge in [0.1, 0.15) is 4.90 Å². The predicted octanol–water partition coefficient (Wildman–Crippen LogP) is 3.15. The maximum atomic E-state index is 12.6. The van der Waals surface area contributed by atoms with Crippen molar-refractivity contribution in [1.82, 2.24) is 4.31 Å². The van der Waals surface area contributed by atoms with E-state index in [1.165, 1.54) is 4.31 Å². The van der Waals surface area contributed by atoms with Gasteiger partial charge in [-0.05, 0) is 37.0 Å². The van der Waals surface area contributed by atoms with Crippen LogP contribution in [0, 0.1) is 5.92 Å². The topological polar surface area (TPSA) is 46.6 Å². The highest BCUT2D eigenvalue weighted by molar-refractivity contribution is 9.10. The van der Waals surface area contributed by atoms with Gasteiger partial charge in [0.15, 0.2) is 0 Å². The second kappa shape index (κ2) is 6.75. The summed E-state index contributed by atoms with van der Waals surface area (Å²) < 4.78 is 32.6. The van der Waals surface area contributed by atoms with Crippen LogP contribution in [0.1, 0.15) is 12.8 Å². The number of nitrogens with zero attached hydrogens (tertiary/aromatic N) is 1. The third-order valence-corrected chi connectivity index (χ3v) is 6.36. The summed E-state index contributed by atoms with van der Waals surface area (Å²) in [6, 6.07) is 4.84. The molecule has 0 spiro atoms. The normalized spacial score (nSPS) is 18.4. The number of piperidine rings is 1. The van der Waals surface area contributed by atoms with Crippen molar-refractivity contribution >= 4 is 37.6 Å². The van der Waals surface area contributed by atoms with Crippen LogP contribution in [0.2, 0.25) is 5.02 Å². The van der Waals surface area contributed by atoms with Crippen molar-refractivity contribution in [2.75, 3.05) is 26.8 Å². The van der Waals surface area contributed by atoms with E-state index in [1.807, 2.05) is 0 Å². The molecule has 0 bridgehead atoms. The molecular formula is C13H17BrClNO3S. The van der Waals surface area contributed by atoms with Gasteiger partial charge in [-0.1, -0.05) is 27.5 Å².